The van der Waals surface area contributed by atoms with Crippen molar-refractivity contribution < 1.29 is 0 Å². The number of aromatic nitrogens is 4. The van der Waals surface area contributed by atoms with Gasteiger partial charge in [0.25, 0.3) is 0 Å². The summed E-state index contributed by atoms with van der Waals surface area (Å²) >= 11 is 0. The van der Waals surface area contributed by atoms with Gasteiger partial charge in [0.2, 0.25) is 0 Å². The smallest absolute Gasteiger partial charge is 0.165 e. The predicted octanol–water partition coefficient (Wildman–Crippen LogP) is 10.1. The number of para-hydroxylation sites is 1. The molecule has 48 heavy (non-hydrogen) atoms. The molecule has 0 fully saturated rings. The minimum atomic E-state index is -0.0965. The lowest BCUT2D eigenvalue weighted by molar-refractivity contribution is 0.661. The van der Waals surface area contributed by atoms with Crippen LogP contribution in [0.3, 0.4) is 0 Å². The molecule has 0 bridgehead atoms. The number of hydrogen-bond acceptors (Lipinski definition) is 4. The molecule has 0 saturated heterocycles. The average Bonchev–Trinajstić information content (AvgIpc) is 3.59. The second-order valence-corrected chi connectivity index (χ2v) is 12.8. The summed E-state index contributed by atoms with van der Waals surface area (Å²) in [5.74, 6) is 1.59. The summed E-state index contributed by atoms with van der Waals surface area (Å²) in [4.78, 5) is 14.6. The Morgan fingerprint density at radius 2 is 1.15 bits per heavy atom. The molecule has 0 atom stereocenters. The van der Waals surface area contributed by atoms with Gasteiger partial charge in [-0.15, -0.1) is 0 Å². The van der Waals surface area contributed by atoms with E-state index in [4.69, 9.17) is 15.0 Å². The van der Waals surface area contributed by atoms with Crippen LogP contribution in [0.5, 0.6) is 0 Å². The van der Waals surface area contributed by atoms with Gasteiger partial charge in [-0.3, -0.25) is 0 Å². The first kappa shape index (κ1) is 27.9. The number of hydrogen-bond donors (Lipinski definition) is 0. The van der Waals surface area contributed by atoms with Crippen molar-refractivity contribution >= 4 is 21.8 Å². The van der Waals surface area contributed by atoms with Crippen LogP contribution >= 0.6 is 0 Å². The highest BCUT2D eigenvalue weighted by Gasteiger charge is 2.36. The Hall–Kier alpha value is -6.38. The molecular formula is C43H29N5. The summed E-state index contributed by atoms with van der Waals surface area (Å²) < 4.78 is 2.28. The molecule has 0 radical (unpaired) electrons. The number of rotatable bonds is 4. The summed E-state index contributed by atoms with van der Waals surface area (Å²) in [5, 5.41) is 12.9. The van der Waals surface area contributed by atoms with Gasteiger partial charge in [0.15, 0.2) is 17.5 Å². The maximum absolute atomic E-state index is 10.6. The van der Waals surface area contributed by atoms with Gasteiger partial charge >= 0.3 is 0 Å². The minimum absolute atomic E-state index is 0.0965. The Bertz CT molecular complexity index is 2530. The first-order chi connectivity index (χ1) is 23.5. The number of fused-ring (bicyclic) bond motifs is 6. The Kier molecular flexibility index (Phi) is 6.15. The summed E-state index contributed by atoms with van der Waals surface area (Å²) in [6.45, 7) is 4.63. The molecule has 0 aliphatic heterocycles. The van der Waals surface area contributed by atoms with Gasteiger partial charge in [-0.05, 0) is 58.7 Å². The van der Waals surface area contributed by atoms with Crippen LogP contribution in [-0.4, -0.2) is 19.5 Å². The SMILES string of the molecule is CC1(C)c2ccccc2-c2cc3c(cc21)c1ccccc1n3-c1ccc(-c2nc(-c3ccccc3)nc(-c3ccccc3)n2)c(C#N)c1. The molecule has 8 aromatic rings. The predicted molar refractivity (Wildman–Crippen MR) is 193 cm³/mol. The van der Waals surface area contributed by atoms with Gasteiger partial charge in [0.05, 0.1) is 22.7 Å². The van der Waals surface area contributed by atoms with Crippen LogP contribution in [0.2, 0.25) is 0 Å². The van der Waals surface area contributed by atoms with Crippen molar-refractivity contribution in [1.29, 1.82) is 5.26 Å². The molecule has 2 heterocycles. The van der Waals surface area contributed by atoms with Crippen LogP contribution in [0.1, 0.15) is 30.5 Å². The van der Waals surface area contributed by atoms with Crippen molar-refractivity contribution in [1.82, 2.24) is 19.5 Å². The number of nitriles is 1. The minimum Gasteiger partial charge on any atom is -0.309 e. The van der Waals surface area contributed by atoms with Gasteiger partial charge in [0.1, 0.15) is 0 Å². The molecular weight excluding hydrogens is 587 g/mol. The zero-order valence-corrected chi connectivity index (χ0v) is 26.5. The van der Waals surface area contributed by atoms with Crippen molar-refractivity contribution in [2.75, 3.05) is 0 Å². The van der Waals surface area contributed by atoms with Crippen LogP contribution in [0.25, 0.3) is 72.8 Å². The van der Waals surface area contributed by atoms with E-state index in [-0.39, 0.29) is 5.41 Å². The lowest BCUT2D eigenvalue weighted by atomic mass is 9.82. The van der Waals surface area contributed by atoms with Crippen molar-refractivity contribution in [2.45, 2.75) is 19.3 Å². The van der Waals surface area contributed by atoms with E-state index >= 15 is 0 Å². The fourth-order valence-electron chi connectivity index (χ4n) is 7.33. The number of benzene rings is 6. The van der Waals surface area contributed by atoms with Crippen molar-refractivity contribution in [3.05, 3.63) is 156 Å². The van der Waals surface area contributed by atoms with Gasteiger partial charge < -0.3 is 4.57 Å². The third-order valence-corrected chi connectivity index (χ3v) is 9.70. The monoisotopic (exact) mass is 615 g/mol. The zero-order valence-electron chi connectivity index (χ0n) is 26.5. The summed E-state index contributed by atoms with van der Waals surface area (Å²) in [6, 6.07) is 50.2. The van der Waals surface area contributed by atoms with Gasteiger partial charge in [-0.25, -0.2) is 15.0 Å². The number of nitrogens with zero attached hydrogens (tertiary/aromatic N) is 5. The van der Waals surface area contributed by atoms with Crippen molar-refractivity contribution in [3.63, 3.8) is 0 Å². The van der Waals surface area contributed by atoms with Crippen LogP contribution in [0, 0.1) is 11.3 Å². The van der Waals surface area contributed by atoms with Crippen LogP contribution in [0.15, 0.2) is 140 Å². The molecule has 1 aliphatic rings. The molecule has 0 unspecified atom stereocenters. The summed E-state index contributed by atoms with van der Waals surface area (Å²) in [6.07, 6.45) is 0. The summed E-state index contributed by atoms with van der Waals surface area (Å²) in [5.41, 5.74) is 11.2. The Balaban J connectivity index is 1.25. The van der Waals surface area contributed by atoms with E-state index < -0.39 is 0 Å². The normalized spacial score (nSPS) is 12.9. The maximum atomic E-state index is 10.6. The molecule has 2 aromatic heterocycles. The van der Waals surface area contributed by atoms with E-state index in [2.05, 4.69) is 91.2 Å². The third kappa shape index (κ3) is 4.20. The highest BCUT2D eigenvalue weighted by molar-refractivity contribution is 6.11. The van der Waals surface area contributed by atoms with E-state index in [1.165, 1.54) is 33.0 Å². The quantitative estimate of drug-likeness (QED) is 0.198. The standard InChI is InChI=1S/C43H29N5/c1-43(2)36-19-11-9-17-32(36)34-25-39-35(24-37(34)43)33-18-10-12-20-38(33)48(39)30-21-22-31(29(23-30)26-44)42-46-40(27-13-5-3-6-14-27)45-41(47-42)28-15-7-4-8-16-28/h3-25H,1-2H3. The van der Waals surface area contributed by atoms with E-state index in [0.29, 0.717) is 28.6 Å². The van der Waals surface area contributed by atoms with E-state index in [9.17, 15) is 5.26 Å². The largest absolute Gasteiger partial charge is 0.309 e. The van der Waals surface area contributed by atoms with Crippen LogP contribution in [-0.2, 0) is 5.41 Å². The molecule has 0 spiro atoms. The molecule has 226 valence electrons. The second kappa shape index (κ2) is 10.6. The van der Waals surface area contributed by atoms with Crippen LogP contribution < -0.4 is 0 Å². The lowest BCUT2D eigenvalue weighted by Gasteiger charge is -2.21. The van der Waals surface area contributed by atoms with Crippen molar-refractivity contribution in [3.8, 4) is 57.0 Å². The van der Waals surface area contributed by atoms with Gasteiger partial charge in [0, 0.05) is 38.6 Å². The Morgan fingerprint density at radius 1 is 0.521 bits per heavy atom. The third-order valence-electron chi connectivity index (χ3n) is 9.70. The van der Waals surface area contributed by atoms with E-state index in [1.54, 1.807) is 0 Å². The second-order valence-electron chi connectivity index (χ2n) is 12.8. The van der Waals surface area contributed by atoms with Gasteiger partial charge in [-0.1, -0.05) is 117 Å². The fourth-order valence-corrected chi connectivity index (χ4v) is 7.33. The topological polar surface area (TPSA) is 67.4 Å². The molecule has 1 aliphatic carbocycles. The molecule has 5 heteroatoms. The molecule has 6 aromatic carbocycles. The maximum Gasteiger partial charge on any atom is 0.165 e. The zero-order chi connectivity index (χ0) is 32.4. The molecule has 5 nitrogen and oxygen atoms in total. The van der Waals surface area contributed by atoms with Crippen molar-refractivity contribution in [2.24, 2.45) is 0 Å². The Labute approximate surface area is 278 Å². The molecule has 0 amide bonds. The average molecular weight is 616 g/mol. The highest BCUT2D eigenvalue weighted by Crippen LogP contribution is 2.51. The molecule has 0 N–H and O–H groups in total. The fraction of sp³-hybridized carbons (Fsp3) is 0.0698. The molecule has 9 rings (SSSR count). The first-order valence-corrected chi connectivity index (χ1v) is 16.1. The first-order valence-electron chi connectivity index (χ1n) is 16.1. The van der Waals surface area contributed by atoms with Gasteiger partial charge in [-0.2, -0.15) is 5.26 Å². The van der Waals surface area contributed by atoms with E-state index in [1.807, 2.05) is 72.8 Å². The Morgan fingerprint density at radius 3 is 1.85 bits per heavy atom. The lowest BCUT2D eigenvalue weighted by Crippen LogP contribution is -2.14. The van der Waals surface area contributed by atoms with Crippen LogP contribution in [0.4, 0.5) is 0 Å². The van der Waals surface area contributed by atoms with E-state index in [0.717, 1.165) is 27.8 Å². The summed E-state index contributed by atoms with van der Waals surface area (Å²) in [7, 11) is 0. The highest BCUT2D eigenvalue weighted by atomic mass is 15.0. The molecule has 0 saturated carbocycles.